The van der Waals surface area contributed by atoms with Gasteiger partial charge in [-0.15, -0.1) is 11.8 Å². The van der Waals surface area contributed by atoms with Gasteiger partial charge in [0.1, 0.15) is 10.4 Å². The van der Waals surface area contributed by atoms with Crippen molar-refractivity contribution in [1.82, 2.24) is 0 Å². The fraction of sp³-hybridized carbons (Fsp3) is 0.188. The Morgan fingerprint density at radius 2 is 2.00 bits per heavy atom. The number of carboxylic acid groups (broad SMARTS) is 1. The molecule has 1 aliphatic heterocycles. The molecule has 24 heavy (non-hydrogen) atoms. The summed E-state index contributed by atoms with van der Waals surface area (Å²) in [5.41, 5.74) is 0.840. The van der Waals surface area contributed by atoms with Crippen LogP contribution in [0.25, 0.3) is 0 Å². The zero-order valence-electron chi connectivity index (χ0n) is 12.6. The van der Waals surface area contributed by atoms with Crippen molar-refractivity contribution in [2.24, 2.45) is 0 Å². The minimum absolute atomic E-state index is 0.00678. The van der Waals surface area contributed by atoms with E-state index in [1.54, 1.807) is 13.0 Å². The molecule has 3 rings (SSSR count). The summed E-state index contributed by atoms with van der Waals surface area (Å²) in [6, 6.07) is 9.83. The largest absolute Gasteiger partial charge is 0.478 e. The van der Waals surface area contributed by atoms with Crippen molar-refractivity contribution in [2.45, 2.75) is 22.3 Å². The van der Waals surface area contributed by atoms with Gasteiger partial charge in [-0.05, 0) is 42.0 Å². The van der Waals surface area contributed by atoms with Crippen molar-refractivity contribution < 1.29 is 22.7 Å². The molecule has 0 amide bonds. The topological polar surface area (TPSA) is 83.5 Å². The van der Waals surface area contributed by atoms with E-state index in [0.29, 0.717) is 5.56 Å². The maximum Gasteiger partial charge on any atom is 0.335 e. The Labute approximate surface area is 142 Å². The van der Waals surface area contributed by atoms with Gasteiger partial charge in [0.05, 0.1) is 5.56 Å². The number of fused-ring (bicyclic) bond motifs is 1. The molecule has 0 radical (unpaired) electrons. The van der Waals surface area contributed by atoms with E-state index in [1.165, 1.54) is 36.4 Å². The number of benzene rings is 2. The van der Waals surface area contributed by atoms with Gasteiger partial charge in [-0.1, -0.05) is 13.0 Å². The summed E-state index contributed by atoms with van der Waals surface area (Å²) >= 11 is 1.16. The molecule has 1 aliphatic rings. The van der Waals surface area contributed by atoms with Gasteiger partial charge in [0, 0.05) is 16.5 Å². The van der Waals surface area contributed by atoms with Gasteiger partial charge in [0.15, 0.2) is 0 Å². The van der Waals surface area contributed by atoms with Crippen LogP contribution in [0.15, 0.2) is 47.4 Å². The normalized spacial score (nSPS) is 19.8. The van der Waals surface area contributed by atoms with E-state index in [2.05, 4.69) is 4.72 Å². The molecular formula is C16H14FNO4S2. The van der Waals surface area contributed by atoms with Gasteiger partial charge in [-0.25, -0.2) is 17.6 Å². The van der Waals surface area contributed by atoms with Gasteiger partial charge >= 0.3 is 5.97 Å². The fourth-order valence-electron chi connectivity index (χ4n) is 2.63. The van der Waals surface area contributed by atoms with Gasteiger partial charge < -0.3 is 5.11 Å². The molecule has 5 nitrogen and oxygen atoms in total. The van der Waals surface area contributed by atoms with Crippen LogP contribution in [0, 0.1) is 5.82 Å². The van der Waals surface area contributed by atoms with Gasteiger partial charge in [-0.2, -0.15) is 0 Å². The summed E-state index contributed by atoms with van der Waals surface area (Å²) in [7, 11) is -3.79. The molecule has 2 N–H and O–H groups in total. The zero-order valence-corrected chi connectivity index (χ0v) is 14.2. The van der Waals surface area contributed by atoms with Crippen LogP contribution in [0.4, 0.5) is 10.1 Å². The Balaban J connectivity index is 1.87. The fourth-order valence-corrected chi connectivity index (χ4v) is 5.97. The number of aromatic carboxylic acids is 1. The lowest BCUT2D eigenvalue weighted by Gasteiger charge is -2.17. The number of hydrogen-bond acceptors (Lipinski definition) is 4. The SMILES string of the molecule is CC1c2cc(F)ccc2SC1S(=O)(=O)Nc1cccc(C(=O)O)c1. The second-order valence-corrected chi connectivity index (χ2v) is 8.77. The molecule has 0 saturated heterocycles. The number of halogens is 1. The molecule has 1 heterocycles. The van der Waals surface area contributed by atoms with Crippen molar-refractivity contribution in [1.29, 1.82) is 0 Å². The van der Waals surface area contributed by atoms with Crippen LogP contribution in [0.3, 0.4) is 0 Å². The summed E-state index contributed by atoms with van der Waals surface area (Å²) in [4.78, 5) is 11.7. The van der Waals surface area contributed by atoms with Crippen LogP contribution in [0.1, 0.15) is 28.8 Å². The lowest BCUT2D eigenvalue weighted by molar-refractivity contribution is 0.0697. The van der Waals surface area contributed by atoms with Gasteiger partial charge in [-0.3, -0.25) is 4.72 Å². The summed E-state index contributed by atoms with van der Waals surface area (Å²) in [5.74, 6) is -1.93. The third kappa shape index (κ3) is 3.11. The van der Waals surface area contributed by atoms with Crippen LogP contribution in [0.5, 0.6) is 0 Å². The number of carboxylic acids is 1. The zero-order chi connectivity index (χ0) is 17.5. The first kappa shape index (κ1) is 16.8. The monoisotopic (exact) mass is 367 g/mol. The Morgan fingerprint density at radius 3 is 2.71 bits per heavy atom. The number of carbonyl (C=O) groups is 1. The van der Waals surface area contributed by atoms with Crippen LogP contribution >= 0.6 is 11.8 Å². The lowest BCUT2D eigenvalue weighted by Crippen LogP contribution is -2.27. The van der Waals surface area contributed by atoms with Crippen molar-refractivity contribution in [3.63, 3.8) is 0 Å². The molecule has 2 atom stereocenters. The number of hydrogen-bond donors (Lipinski definition) is 2. The highest BCUT2D eigenvalue weighted by molar-refractivity contribution is 8.14. The first-order valence-corrected chi connectivity index (χ1v) is 9.51. The molecule has 0 aromatic heterocycles. The average molecular weight is 367 g/mol. The Bertz CT molecular complexity index is 914. The van der Waals surface area contributed by atoms with Crippen molar-refractivity contribution in [3.05, 3.63) is 59.4 Å². The second-order valence-electron chi connectivity index (χ2n) is 5.49. The molecule has 126 valence electrons. The summed E-state index contributed by atoms with van der Waals surface area (Å²) in [5, 5.41) is 8.99. The lowest BCUT2D eigenvalue weighted by atomic mass is 10.0. The molecule has 0 spiro atoms. The van der Waals surface area contributed by atoms with Gasteiger partial charge in [0.2, 0.25) is 10.0 Å². The smallest absolute Gasteiger partial charge is 0.335 e. The van der Waals surface area contributed by atoms with Gasteiger partial charge in [0.25, 0.3) is 0 Å². The van der Waals surface area contributed by atoms with Crippen LogP contribution < -0.4 is 4.72 Å². The Hall–Kier alpha value is -2.06. The molecule has 2 unspecified atom stereocenters. The van der Waals surface area contributed by atoms with E-state index in [9.17, 15) is 17.6 Å². The highest BCUT2D eigenvalue weighted by Crippen LogP contribution is 2.47. The minimum Gasteiger partial charge on any atom is -0.478 e. The van der Waals surface area contributed by atoms with E-state index < -0.39 is 26.4 Å². The quantitative estimate of drug-likeness (QED) is 0.864. The van der Waals surface area contributed by atoms with E-state index in [0.717, 1.165) is 16.7 Å². The van der Waals surface area contributed by atoms with Crippen LogP contribution in [-0.4, -0.2) is 24.1 Å². The summed E-state index contributed by atoms with van der Waals surface area (Å²) < 4.78 is 40.4. The molecule has 0 saturated carbocycles. The molecule has 0 bridgehead atoms. The molecule has 0 aliphatic carbocycles. The number of anilines is 1. The number of nitrogens with one attached hydrogen (secondary N) is 1. The molecule has 2 aromatic carbocycles. The minimum atomic E-state index is -3.79. The standard InChI is InChI=1S/C16H14FNO4S2/c1-9-13-8-11(17)5-6-14(13)23-16(9)24(21,22)18-12-4-2-3-10(7-12)15(19)20/h2-9,16,18H,1H3,(H,19,20). The highest BCUT2D eigenvalue weighted by atomic mass is 32.3. The number of rotatable bonds is 4. The maximum atomic E-state index is 13.4. The third-order valence-electron chi connectivity index (χ3n) is 3.79. The first-order valence-electron chi connectivity index (χ1n) is 7.09. The van der Waals surface area contributed by atoms with E-state index in [4.69, 9.17) is 5.11 Å². The first-order chi connectivity index (χ1) is 11.3. The highest BCUT2D eigenvalue weighted by Gasteiger charge is 2.39. The van der Waals surface area contributed by atoms with Crippen LogP contribution in [-0.2, 0) is 10.0 Å². The third-order valence-corrected chi connectivity index (χ3v) is 7.64. The van der Waals surface area contributed by atoms with E-state index in [1.807, 2.05) is 0 Å². The Kier molecular flexibility index (Phi) is 4.27. The summed E-state index contributed by atoms with van der Waals surface area (Å²) in [6.45, 7) is 1.73. The predicted octanol–water partition coefficient (Wildman–Crippen LogP) is 3.50. The van der Waals surface area contributed by atoms with E-state index >= 15 is 0 Å². The van der Waals surface area contributed by atoms with Crippen molar-refractivity contribution >= 4 is 33.4 Å². The molecular weight excluding hydrogens is 353 g/mol. The molecule has 2 aromatic rings. The van der Waals surface area contributed by atoms with Crippen LogP contribution in [0.2, 0.25) is 0 Å². The number of sulfonamides is 1. The molecule has 8 heteroatoms. The average Bonchev–Trinajstić information content (AvgIpc) is 2.85. The predicted molar refractivity (Wildman–Crippen MR) is 90.4 cm³/mol. The second kappa shape index (κ2) is 6.10. The summed E-state index contributed by atoms with van der Waals surface area (Å²) in [6.07, 6.45) is 0. The maximum absolute atomic E-state index is 13.4. The van der Waals surface area contributed by atoms with Crippen molar-refractivity contribution in [2.75, 3.05) is 4.72 Å². The Morgan fingerprint density at radius 1 is 1.25 bits per heavy atom. The van der Waals surface area contributed by atoms with E-state index in [-0.39, 0.29) is 17.2 Å². The number of thioether (sulfide) groups is 1. The van der Waals surface area contributed by atoms with Crippen molar-refractivity contribution in [3.8, 4) is 0 Å². The molecule has 0 fully saturated rings.